The molecule has 0 unspecified atom stereocenters. The Hall–Kier alpha value is -2.37. The van der Waals surface area contributed by atoms with Gasteiger partial charge in [0.2, 0.25) is 5.78 Å². The monoisotopic (exact) mass is 278 g/mol. The molecular weight excluding hydrogens is 263 g/mol. The zero-order valence-corrected chi connectivity index (χ0v) is 11.5. The molecule has 0 aliphatic heterocycles. The lowest BCUT2D eigenvalue weighted by atomic mass is 10.1. The van der Waals surface area contributed by atoms with Crippen LogP contribution in [0, 0.1) is 5.82 Å². The summed E-state index contributed by atoms with van der Waals surface area (Å²) in [6.07, 6.45) is 1.47. The summed E-state index contributed by atoms with van der Waals surface area (Å²) in [6, 6.07) is 4.08. The molecule has 0 amide bonds. The molecule has 1 heterocycles. The highest BCUT2D eigenvalue weighted by Gasteiger charge is 2.21. The Morgan fingerprint density at radius 2 is 2.00 bits per heavy atom. The quantitative estimate of drug-likeness (QED) is 0.787. The van der Waals surface area contributed by atoms with Crippen LogP contribution >= 0.6 is 0 Å². The third kappa shape index (κ3) is 2.36. The van der Waals surface area contributed by atoms with Gasteiger partial charge in [-0.3, -0.25) is 9.48 Å². The predicted octanol–water partition coefficient (Wildman–Crippen LogP) is 2.29. The molecule has 0 spiro atoms. The molecule has 0 saturated heterocycles. The van der Waals surface area contributed by atoms with Gasteiger partial charge in [-0.15, -0.1) is 0 Å². The fraction of sp³-hybridized carbons (Fsp3) is 0.286. The number of hydrogen-bond donors (Lipinski definition) is 0. The van der Waals surface area contributed by atoms with E-state index in [1.54, 1.807) is 0 Å². The lowest BCUT2D eigenvalue weighted by Crippen LogP contribution is -2.12. The molecule has 0 N–H and O–H groups in total. The predicted molar refractivity (Wildman–Crippen MR) is 70.8 cm³/mol. The zero-order valence-electron chi connectivity index (χ0n) is 11.5. The Bertz CT molecular complexity index is 616. The normalized spacial score (nSPS) is 10.4. The lowest BCUT2D eigenvalue weighted by molar-refractivity contribution is 0.102. The van der Waals surface area contributed by atoms with Crippen molar-refractivity contribution in [2.45, 2.75) is 13.5 Å². The van der Waals surface area contributed by atoms with Gasteiger partial charge in [-0.05, 0) is 25.1 Å². The van der Waals surface area contributed by atoms with Crippen molar-refractivity contribution in [2.24, 2.45) is 0 Å². The number of carbonyl (C=O) groups excluding carboxylic acids is 1. The van der Waals surface area contributed by atoms with E-state index in [1.807, 2.05) is 6.92 Å². The Labute approximate surface area is 115 Å². The molecule has 1 aromatic carbocycles. The van der Waals surface area contributed by atoms with Gasteiger partial charge >= 0.3 is 0 Å². The number of nitrogens with zero attached hydrogens (tertiary/aromatic N) is 2. The maximum absolute atomic E-state index is 13.7. The van der Waals surface area contributed by atoms with Gasteiger partial charge in [0.1, 0.15) is 0 Å². The third-order valence-corrected chi connectivity index (χ3v) is 2.95. The number of aromatic nitrogens is 2. The van der Waals surface area contributed by atoms with Crippen LogP contribution in [0.15, 0.2) is 24.4 Å². The summed E-state index contributed by atoms with van der Waals surface area (Å²) in [5.41, 5.74) is 0.524. The van der Waals surface area contributed by atoms with E-state index in [2.05, 4.69) is 5.10 Å². The highest BCUT2D eigenvalue weighted by molar-refractivity contribution is 6.09. The molecule has 1 aromatic heterocycles. The van der Waals surface area contributed by atoms with E-state index in [4.69, 9.17) is 9.47 Å². The molecule has 0 saturated carbocycles. The van der Waals surface area contributed by atoms with Crippen LogP contribution in [-0.2, 0) is 6.54 Å². The van der Waals surface area contributed by atoms with Crippen molar-refractivity contribution in [3.8, 4) is 11.5 Å². The Kier molecular flexibility index (Phi) is 4.02. The minimum Gasteiger partial charge on any atom is -0.494 e. The molecule has 2 rings (SSSR count). The first-order valence-electron chi connectivity index (χ1n) is 6.10. The molecule has 2 aromatic rings. The number of rotatable bonds is 5. The van der Waals surface area contributed by atoms with Crippen molar-refractivity contribution < 1.29 is 18.7 Å². The maximum Gasteiger partial charge on any atom is 0.214 e. The maximum atomic E-state index is 13.7. The zero-order chi connectivity index (χ0) is 14.7. The highest BCUT2D eigenvalue weighted by Crippen LogP contribution is 2.24. The summed E-state index contributed by atoms with van der Waals surface area (Å²) < 4.78 is 25.2. The average Bonchev–Trinajstić information content (AvgIpc) is 2.89. The Morgan fingerprint density at radius 3 is 2.55 bits per heavy atom. The van der Waals surface area contributed by atoms with E-state index in [0.29, 0.717) is 18.0 Å². The highest BCUT2D eigenvalue weighted by atomic mass is 19.1. The van der Waals surface area contributed by atoms with Gasteiger partial charge < -0.3 is 9.47 Å². The number of ketones is 1. The number of methoxy groups -OCH3 is 2. The molecule has 0 aliphatic carbocycles. The molecule has 106 valence electrons. The second-order valence-corrected chi connectivity index (χ2v) is 4.06. The van der Waals surface area contributed by atoms with E-state index in [-0.39, 0.29) is 17.1 Å². The van der Waals surface area contributed by atoms with E-state index in [9.17, 15) is 9.18 Å². The summed E-state index contributed by atoms with van der Waals surface area (Å²) in [4.78, 5) is 12.5. The van der Waals surface area contributed by atoms with Crippen LogP contribution in [0.2, 0.25) is 0 Å². The molecule has 6 heteroatoms. The van der Waals surface area contributed by atoms with Crippen molar-refractivity contribution in [2.75, 3.05) is 14.2 Å². The van der Waals surface area contributed by atoms with Gasteiger partial charge in [0.25, 0.3) is 0 Å². The number of aryl methyl sites for hydroxylation is 1. The van der Waals surface area contributed by atoms with Crippen molar-refractivity contribution in [3.63, 3.8) is 0 Å². The molecular formula is C14H15FN2O3. The van der Waals surface area contributed by atoms with Gasteiger partial charge in [-0.1, -0.05) is 0 Å². The summed E-state index contributed by atoms with van der Waals surface area (Å²) in [7, 11) is 2.83. The van der Waals surface area contributed by atoms with Crippen LogP contribution < -0.4 is 9.47 Å². The standard InChI is InChI=1S/C14H15FN2O3/c1-4-17-13(12(20-3)8-16-17)14(18)9-5-6-11(19-2)10(15)7-9/h5-8H,4H2,1-3H3. The topological polar surface area (TPSA) is 53.4 Å². The first kappa shape index (κ1) is 14.0. The van der Waals surface area contributed by atoms with Crippen LogP contribution in [0.4, 0.5) is 4.39 Å². The van der Waals surface area contributed by atoms with Crippen molar-refractivity contribution in [1.29, 1.82) is 0 Å². The SMILES string of the molecule is CCn1ncc(OC)c1C(=O)c1ccc(OC)c(F)c1. The van der Waals surface area contributed by atoms with Crippen molar-refractivity contribution >= 4 is 5.78 Å². The van der Waals surface area contributed by atoms with Gasteiger partial charge in [0.05, 0.1) is 20.4 Å². The second kappa shape index (κ2) is 5.73. The molecule has 5 nitrogen and oxygen atoms in total. The van der Waals surface area contributed by atoms with Crippen LogP contribution in [0.5, 0.6) is 11.5 Å². The van der Waals surface area contributed by atoms with E-state index < -0.39 is 5.82 Å². The minimum atomic E-state index is -0.583. The summed E-state index contributed by atoms with van der Waals surface area (Å²) in [6.45, 7) is 2.38. The van der Waals surface area contributed by atoms with E-state index >= 15 is 0 Å². The van der Waals surface area contributed by atoms with Gasteiger partial charge in [0.15, 0.2) is 23.0 Å². The van der Waals surface area contributed by atoms with E-state index in [1.165, 1.54) is 37.2 Å². The smallest absolute Gasteiger partial charge is 0.214 e. The molecule has 0 aliphatic rings. The third-order valence-electron chi connectivity index (χ3n) is 2.95. The van der Waals surface area contributed by atoms with Gasteiger partial charge in [-0.2, -0.15) is 5.10 Å². The fourth-order valence-corrected chi connectivity index (χ4v) is 1.93. The molecule has 0 radical (unpaired) electrons. The number of benzene rings is 1. The first-order chi connectivity index (χ1) is 9.62. The Balaban J connectivity index is 2.46. The molecule has 0 fully saturated rings. The summed E-state index contributed by atoms with van der Waals surface area (Å²) in [5.74, 6) is -0.465. The second-order valence-electron chi connectivity index (χ2n) is 4.06. The number of hydrogen-bond acceptors (Lipinski definition) is 4. The minimum absolute atomic E-state index is 0.0949. The van der Waals surface area contributed by atoms with Crippen LogP contribution in [-0.4, -0.2) is 29.8 Å². The van der Waals surface area contributed by atoms with Crippen molar-refractivity contribution in [3.05, 3.63) is 41.5 Å². The number of ether oxygens (including phenoxy) is 2. The molecule has 0 atom stereocenters. The largest absolute Gasteiger partial charge is 0.494 e. The van der Waals surface area contributed by atoms with Gasteiger partial charge in [-0.25, -0.2) is 4.39 Å². The lowest BCUT2D eigenvalue weighted by Gasteiger charge is -2.08. The number of halogens is 1. The van der Waals surface area contributed by atoms with Crippen LogP contribution in [0.3, 0.4) is 0 Å². The number of carbonyl (C=O) groups is 1. The summed E-state index contributed by atoms with van der Waals surface area (Å²) >= 11 is 0. The molecule has 20 heavy (non-hydrogen) atoms. The van der Waals surface area contributed by atoms with Crippen LogP contribution in [0.25, 0.3) is 0 Å². The van der Waals surface area contributed by atoms with Crippen molar-refractivity contribution in [1.82, 2.24) is 9.78 Å². The van der Waals surface area contributed by atoms with Gasteiger partial charge in [0, 0.05) is 12.1 Å². The fourth-order valence-electron chi connectivity index (χ4n) is 1.93. The van der Waals surface area contributed by atoms with E-state index in [0.717, 1.165) is 6.07 Å². The van der Waals surface area contributed by atoms with Crippen LogP contribution in [0.1, 0.15) is 23.0 Å². The summed E-state index contributed by atoms with van der Waals surface area (Å²) in [5, 5.41) is 4.06. The molecule has 0 bridgehead atoms. The Morgan fingerprint density at radius 1 is 1.30 bits per heavy atom. The average molecular weight is 278 g/mol. The first-order valence-corrected chi connectivity index (χ1v) is 6.10.